The molecule has 2 saturated heterocycles. The molecule has 0 N–H and O–H groups in total. The normalized spacial score (nSPS) is 31.7. The van der Waals surface area contributed by atoms with Gasteiger partial charge in [-0.3, -0.25) is 9.59 Å². The number of fused-ring (bicyclic) bond motifs is 2. The average molecular weight is 373 g/mol. The number of hydrogen-bond acceptors (Lipinski definition) is 4. The van der Waals surface area contributed by atoms with Crippen molar-refractivity contribution in [3.8, 4) is 0 Å². The molecule has 27 heavy (non-hydrogen) atoms. The Kier molecular flexibility index (Phi) is 4.76. The zero-order chi connectivity index (χ0) is 19.1. The van der Waals surface area contributed by atoms with E-state index in [1.54, 1.807) is 17.0 Å². The van der Waals surface area contributed by atoms with Crippen LogP contribution in [0.2, 0.25) is 0 Å². The zero-order valence-corrected chi connectivity index (χ0v) is 15.5. The molecule has 3 heterocycles. The summed E-state index contributed by atoms with van der Waals surface area (Å²) in [5.74, 6) is -1.32. The third-order valence-corrected chi connectivity index (χ3v) is 5.59. The first kappa shape index (κ1) is 18.2. The Morgan fingerprint density at radius 1 is 1.19 bits per heavy atom. The van der Waals surface area contributed by atoms with Gasteiger partial charge in [0.1, 0.15) is 5.82 Å². The molecule has 0 unspecified atom stereocenters. The summed E-state index contributed by atoms with van der Waals surface area (Å²) in [6.45, 7) is 4.10. The molecule has 1 aromatic carbocycles. The van der Waals surface area contributed by atoms with Gasteiger partial charge in [0.2, 0.25) is 5.91 Å². The summed E-state index contributed by atoms with van der Waals surface area (Å²) in [4.78, 5) is 27.7. The molecule has 144 valence electrons. The van der Waals surface area contributed by atoms with Gasteiger partial charge in [-0.05, 0) is 44.4 Å². The zero-order valence-electron chi connectivity index (χ0n) is 15.5. The number of halogens is 1. The molecule has 1 aromatic rings. The number of benzene rings is 1. The number of carbonyl (C=O) groups is 2. The molecular formula is C21H24FNO4. The van der Waals surface area contributed by atoms with E-state index in [-0.39, 0.29) is 41.9 Å². The van der Waals surface area contributed by atoms with Crippen molar-refractivity contribution in [1.29, 1.82) is 0 Å². The van der Waals surface area contributed by atoms with Crippen molar-refractivity contribution in [2.24, 2.45) is 11.8 Å². The minimum atomic E-state index is -0.447. The molecule has 0 saturated carbocycles. The van der Waals surface area contributed by atoms with Gasteiger partial charge in [-0.2, -0.15) is 0 Å². The predicted octanol–water partition coefficient (Wildman–Crippen LogP) is 3.01. The number of amides is 1. The van der Waals surface area contributed by atoms with Crippen molar-refractivity contribution >= 4 is 11.9 Å². The smallest absolute Gasteiger partial charge is 0.311 e. The van der Waals surface area contributed by atoms with Gasteiger partial charge in [0.25, 0.3) is 0 Å². The Morgan fingerprint density at radius 3 is 2.52 bits per heavy atom. The lowest BCUT2D eigenvalue weighted by Gasteiger charge is -2.31. The van der Waals surface area contributed by atoms with Crippen molar-refractivity contribution in [3.63, 3.8) is 0 Å². The van der Waals surface area contributed by atoms with Crippen LogP contribution in [0.5, 0.6) is 0 Å². The largest absolute Gasteiger partial charge is 0.463 e. The minimum Gasteiger partial charge on any atom is -0.463 e. The van der Waals surface area contributed by atoms with Crippen LogP contribution in [0.25, 0.3) is 0 Å². The van der Waals surface area contributed by atoms with Gasteiger partial charge < -0.3 is 14.4 Å². The van der Waals surface area contributed by atoms with Crippen LogP contribution in [0.4, 0.5) is 4.39 Å². The lowest BCUT2D eigenvalue weighted by molar-refractivity contribution is -0.154. The minimum absolute atomic E-state index is 0.000946. The van der Waals surface area contributed by atoms with Crippen molar-refractivity contribution in [2.45, 2.75) is 51.0 Å². The van der Waals surface area contributed by atoms with Gasteiger partial charge >= 0.3 is 5.97 Å². The second-order valence-electron chi connectivity index (χ2n) is 7.78. The first-order chi connectivity index (χ1) is 12.9. The Bertz CT molecular complexity index is 760. The Balaban J connectivity index is 1.61. The maximum absolute atomic E-state index is 13.4. The maximum Gasteiger partial charge on any atom is 0.311 e. The van der Waals surface area contributed by atoms with Crippen LogP contribution < -0.4 is 0 Å². The standard InChI is InChI=1S/C21H24FNO4/c1-12(2)26-21(25)16-9-10-23(19(16)13-3-5-14(22)6-4-13)20(24)17-11-15-7-8-18(17)27-15/h3-8,12,15-19H,9-11H2,1-2H3/t15-,16-,17-,18-,19-/m1/s1. The van der Waals surface area contributed by atoms with Gasteiger partial charge in [-0.1, -0.05) is 24.3 Å². The van der Waals surface area contributed by atoms with E-state index in [1.165, 1.54) is 12.1 Å². The third-order valence-electron chi connectivity index (χ3n) is 5.59. The van der Waals surface area contributed by atoms with Crippen LogP contribution in [-0.4, -0.2) is 41.6 Å². The molecule has 4 rings (SSSR count). The molecule has 0 radical (unpaired) electrons. The van der Waals surface area contributed by atoms with Gasteiger partial charge in [0.15, 0.2) is 0 Å². The van der Waals surface area contributed by atoms with E-state index in [9.17, 15) is 14.0 Å². The van der Waals surface area contributed by atoms with Crippen molar-refractivity contribution < 1.29 is 23.5 Å². The quantitative estimate of drug-likeness (QED) is 0.601. The van der Waals surface area contributed by atoms with E-state index in [1.807, 2.05) is 26.0 Å². The highest BCUT2D eigenvalue weighted by molar-refractivity contribution is 5.83. The van der Waals surface area contributed by atoms with Crippen LogP contribution in [0.1, 0.15) is 38.3 Å². The summed E-state index contributed by atoms with van der Waals surface area (Å²) >= 11 is 0. The maximum atomic E-state index is 13.4. The molecule has 3 aliphatic heterocycles. The lowest BCUT2D eigenvalue weighted by Crippen LogP contribution is -2.40. The second kappa shape index (κ2) is 7.08. The van der Waals surface area contributed by atoms with Crippen molar-refractivity contribution in [1.82, 2.24) is 4.90 Å². The molecule has 5 nitrogen and oxygen atoms in total. The lowest BCUT2D eigenvalue weighted by atomic mass is 9.90. The SMILES string of the molecule is CC(C)OC(=O)[C@@H]1CCN(C(=O)[C@@H]2C[C@H]3C=C[C@H]2O3)[C@@H]1c1ccc(F)cc1. The van der Waals surface area contributed by atoms with E-state index in [4.69, 9.17) is 9.47 Å². The second-order valence-corrected chi connectivity index (χ2v) is 7.78. The fraction of sp³-hybridized carbons (Fsp3) is 0.524. The van der Waals surface area contributed by atoms with Gasteiger partial charge in [0, 0.05) is 6.54 Å². The third kappa shape index (κ3) is 3.38. The number of ether oxygens (including phenoxy) is 2. The fourth-order valence-electron chi connectivity index (χ4n) is 4.41. The summed E-state index contributed by atoms with van der Waals surface area (Å²) in [5, 5.41) is 0. The Hall–Kier alpha value is -2.21. The number of likely N-dealkylation sites (tertiary alicyclic amines) is 1. The number of rotatable bonds is 4. The average Bonchev–Trinajstić information content (AvgIpc) is 3.36. The van der Waals surface area contributed by atoms with Crippen LogP contribution in [0.3, 0.4) is 0 Å². The van der Waals surface area contributed by atoms with Crippen molar-refractivity contribution in [2.75, 3.05) is 6.54 Å². The Morgan fingerprint density at radius 2 is 1.93 bits per heavy atom. The highest BCUT2D eigenvalue weighted by Gasteiger charge is 2.48. The fourth-order valence-corrected chi connectivity index (χ4v) is 4.41. The summed E-state index contributed by atoms with van der Waals surface area (Å²) < 4.78 is 24.6. The molecule has 2 bridgehead atoms. The number of esters is 1. The van der Waals surface area contributed by atoms with E-state index in [0.717, 1.165) is 5.56 Å². The highest BCUT2D eigenvalue weighted by Crippen LogP contribution is 2.42. The predicted molar refractivity (Wildman–Crippen MR) is 96.1 cm³/mol. The van der Waals surface area contributed by atoms with Crippen LogP contribution in [-0.2, 0) is 19.1 Å². The summed E-state index contributed by atoms with van der Waals surface area (Å²) in [7, 11) is 0. The van der Waals surface area contributed by atoms with E-state index in [0.29, 0.717) is 19.4 Å². The first-order valence-electron chi connectivity index (χ1n) is 9.54. The van der Waals surface area contributed by atoms with Gasteiger partial charge in [0.05, 0.1) is 36.2 Å². The van der Waals surface area contributed by atoms with E-state index in [2.05, 4.69) is 0 Å². The van der Waals surface area contributed by atoms with Crippen LogP contribution >= 0.6 is 0 Å². The summed E-state index contributed by atoms with van der Waals surface area (Å²) in [6, 6.07) is 5.60. The van der Waals surface area contributed by atoms with Crippen LogP contribution in [0.15, 0.2) is 36.4 Å². The first-order valence-corrected chi connectivity index (χ1v) is 9.54. The molecule has 0 spiro atoms. The molecule has 2 fully saturated rings. The summed E-state index contributed by atoms with van der Waals surface area (Å²) in [5.41, 5.74) is 0.757. The molecule has 0 aliphatic carbocycles. The van der Waals surface area contributed by atoms with E-state index < -0.39 is 12.0 Å². The molecule has 5 atom stereocenters. The highest BCUT2D eigenvalue weighted by atomic mass is 19.1. The van der Waals surface area contributed by atoms with Crippen molar-refractivity contribution in [3.05, 3.63) is 47.8 Å². The number of nitrogens with zero attached hydrogens (tertiary/aromatic N) is 1. The molecule has 0 aromatic heterocycles. The van der Waals surface area contributed by atoms with Gasteiger partial charge in [-0.15, -0.1) is 0 Å². The number of carbonyl (C=O) groups excluding carboxylic acids is 2. The molecular weight excluding hydrogens is 349 g/mol. The Labute approximate surface area is 158 Å². The summed E-state index contributed by atoms with van der Waals surface area (Å²) in [6.07, 6.45) is 4.77. The monoisotopic (exact) mass is 373 g/mol. The van der Waals surface area contributed by atoms with E-state index >= 15 is 0 Å². The molecule has 3 aliphatic rings. The van der Waals surface area contributed by atoms with Crippen LogP contribution in [0, 0.1) is 17.7 Å². The molecule has 1 amide bonds. The number of hydrogen-bond donors (Lipinski definition) is 0. The topological polar surface area (TPSA) is 55.8 Å². The molecule has 6 heteroatoms. The van der Waals surface area contributed by atoms with Gasteiger partial charge in [-0.25, -0.2) is 4.39 Å².